The van der Waals surface area contributed by atoms with Crippen LogP contribution in [-0.4, -0.2) is 95.9 Å². The zero-order valence-electron chi connectivity index (χ0n) is 66.6. The van der Waals surface area contributed by atoms with Gasteiger partial charge >= 0.3 is 33.6 Å². The topological polar surface area (TPSA) is 231 Å². The molecule has 5 atom stereocenters. The van der Waals surface area contributed by atoms with Crippen LogP contribution in [0.4, 0.5) is 0 Å². The Morgan fingerprint density at radius 2 is 0.486 bits per heavy atom. The second kappa shape index (κ2) is 79.8. The van der Waals surface area contributed by atoms with E-state index in [9.17, 15) is 43.5 Å². The summed E-state index contributed by atoms with van der Waals surface area (Å²) < 4.78 is 61.1. The number of aliphatic hydroxyl groups is 2. The second-order valence-corrected chi connectivity index (χ2v) is 31.2. The molecule has 0 aliphatic carbocycles. The van der Waals surface area contributed by atoms with Crippen LogP contribution in [-0.2, 0) is 55.8 Å². The van der Waals surface area contributed by atoms with Crippen molar-refractivity contribution in [2.24, 2.45) is 0 Å². The third kappa shape index (κ3) is 81.0. The molecule has 16 nitrogen and oxygen atoms in total. The average molecular weight is 1520 g/mol. The number of hydrogen-bond acceptors (Lipinski definition) is 14. The van der Waals surface area contributed by atoms with Crippen molar-refractivity contribution in [3.8, 4) is 0 Å². The Kier molecular flexibility index (Phi) is 76.9. The van der Waals surface area contributed by atoms with Crippen molar-refractivity contribution in [3.05, 3.63) is 109 Å². The normalized spacial score (nSPS) is 14.5. The summed E-state index contributed by atoms with van der Waals surface area (Å²) in [6.07, 6.45) is 94.6. The van der Waals surface area contributed by atoms with E-state index < -0.39 is 91.5 Å². The molecule has 0 spiro atoms. The van der Waals surface area contributed by atoms with Crippen LogP contribution in [0.5, 0.6) is 0 Å². The Morgan fingerprint density at radius 3 is 0.790 bits per heavy atom. The molecule has 0 amide bonds. The van der Waals surface area contributed by atoms with Gasteiger partial charge in [0, 0.05) is 19.3 Å². The number of phosphoric acid groups is 2. The molecule has 0 aliphatic heterocycles. The molecule has 0 saturated heterocycles. The number of allylic oxidation sites excluding steroid dienone is 18. The summed E-state index contributed by atoms with van der Waals surface area (Å²) in [6, 6.07) is 0. The number of esters is 3. The van der Waals surface area contributed by atoms with Gasteiger partial charge in [0.1, 0.15) is 25.4 Å². The van der Waals surface area contributed by atoms with Crippen LogP contribution in [0.25, 0.3) is 0 Å². The second-order valence-electron chi connectivity index (χ2n) is 28.3. The number of hydrogen-bond donors (Lipinski definition) is 4. The first kappa shape index (κ1) is 101. The summed E-state index contributed by atoms with van der Waals surface area (Å²) in [6.45, 7) is 2.59. The smallest absolute Gasteiger partial charge is 0.463 e. The monoisotopic (exact) mass is 1520 g/mol. The number of rotatable bonds is 80. The molecule has 4 N–H and O–H groups in total. The van der Waals surface area contributed by atoms with Crippen LogP contribution in [0.15, 0.2) is 109 Å². The van der Waals surface area contributed by atoms with E-state index in [0.29, 0.717) is 19.3 Å². The summed E-state index contributed by atoms with van der Waals surface area (Å²) >= 11 is 0. The van der Waals surface area contributed by atoms with Crippen LogP contribution in [0.3, 0.4) is 0 Å². The van der Waals surface area contributed by atoms with Gasteiger partial charge in [0.05, 0.1) is 26.4 Å². The molecule has 0 aromatic heterocycles. The van der Waals surface area contributed by atoms with Crippen molar-refractivity contribution < 1.29 is 75.8 Å². The molecule has 0 saturated carbocycles. The average Bonchev–Trinajstić information content (AvgIpc) is 0.917. The van der Waals surface area contributed by atoms with Crippen LogP contribution in [0, 0.1) is 0 Å². The SMILES string of the molecule is CCCC/C=C\CCCCCCCC(=O)OC(COC(=O)CCCCCCCCC/C=C\C/C=C\C/C=C\C/C=C\CCCCC)COP(=O)(O)OCC(O)COP(=O)(O)OCC(O)COC(=O)CCCCCCCCCCCCCCCCCCCCC/C=C\C/C=C\C/C=C\C/C=C\CCCCC. The lowest BCUT2D eigenvalue weighted by molar-refractivity contribution is -0.161. The highest BCUT2D eigenvalue weighted by Crippen LogP contribution is 2.45. The van der Waals surface area contributed by atoms with Gasteiger partial charge in [0.25, 0.3) is 0 Å². The highest BCUT2D eigenvalue weighted by atomic mass is 31.2. The Hall–Kier alpha value is -3.79. The number of unbranched alkanes of at least 4 members (excludes halogenated alkanes) is 39. The van der Waals surface area contributed by atoms with Gasteiger partial charge in [-0.1, -0.05) is 329 Å². The molecule has 0 rings (SSSR count). The molecule has 0 radical (unpaired) electrons. The summed E-state index contributed by atoms with van der Waals surface area (Å²) in [5.74, 6) is -1.59. The van der Waals surface area contributed by atoms with E-state index in [-0.39, 0.29) is 19.3 Å². The summed E-state index contributed by atoms with van der Waals surface area (Å²) in [4.78, 5) is 58.6. The largest absolute Gasteiger partial charge is 0.472 e. The standard InChI is InChI=1S/C87H154O16P2/c1-4-7-10-13-16-19-22-24-26-28-30-32-34-35-36-37-38-39-40-41-42-43-44-45-47-49-50-52-54-56-59-61-64-67-70-73-85(90)97-76-82(88)77-99-104(93,94)100-78-83(89)79-101-105(95,96)102-81-84(103-87(92)75-72-69-66-63-58-21-18-15-12-9-6-3)80-98-86(91)74-71-68-65-62-60-57-55-53-51-48-46-33-31-29-27-25-23-20-17-14-11-8-5-2/h15-20,24-27,30-33,35-36,48,51,82-84,88-89H,4-14,21-23,28-29,34,37-47,49-50,52-81H2,1-3H3,(H,93,94)(H,95,96)/b18-15-,19-16-,20-17-,26-24-,27-25-,32-30-,33-31-,36-35-,51-48-. The van der Waals surface area contributed by atoms with E-state index in [4.69, 9.17) is 32.3 Å². The number of carbonyl (C=O) groups is 3. The van der Waals surface area contributed by atoms with E-state index in [1.807, 2.05) is 0 Å². The molecular weight excluding hydrogens is 1360 g/mol. The molecular formula is C87H154O16P2. The number of carbonyl (C=O) groups excluding carboxylic acids is 3. The van der Waals surface area contributed by atoms with Gasteiger partial charge in [0.15, 0.2) is 6.10 Å². The number of aliphatic hydroxyl groups excluding tert-OH is 2. The van der Waals surface area contributed by atoms with Crippen molar-refractivity contribution >= 4 is 33.6 Å². The van der Waals surface area contributed by atoms with E-state index >= 15 is 0 Å². The van der Waals surface area contributed by atoms with Crippen molar-refractivity contribution in [2.75, 3.05) is 39.6 Å². The third-order valence-electron chi connectivity index (χ3n) is 17.9. The minimum Gasteiger partial charge on any atom is -0.463 e. The first-order valence-corrected chi connectivity index (χ1v) is 45.2. The van der Waals surface area contributed by atoms with Crippen LogP contribution in [0.1, 0.15) is 367 Å². The van der Waals surface area contributed by atoms with Gasteiger partial charge in [-0.2, -0.15) is 0 Å². The fourth-order valence-corrected chi connectivity index (χ4v) is 13.0. The minimum atomic E-state index is -4.93. The van der Waals surface area contributed by atoms with E-state index in [0.717, 1.165) is 141 Å². The van der Waals surface area contributed by atoms with E-state index in [2.05, 4.69) is 130 Å². The van der Waals surface area contributed by atoms with Crippen LogP contribution < -0.4 is 0 Å². The lowest BCUT2D eigenvalue weighted by atomic mass is 10.0. The summed E-state index contributed by atoms with van der Waals surface area (Å²) in [5.41, 5.74) is 0. The third-order valence-corrected chi connectivity index (χ3v) is 19.8. The predicted octanol–water partition coefficient (Wildman–Crippen LogP) is 25.1. The van der Waals surface area contributed by atoms with E-state index in [1.165, 1.54) is 167 Å². The van der Waals surface area contributed by atoms with Gasteiger partial charge in [-0.25, -0.2) is 9.13 Å². The predicted molar refractivity (Wildman–Crippen MR) is 436 cm³/mol. The van der Waals surface area contributed by atoms with Gasteiger partial charge in [-0.3, -0.25) is 32.5 Å². The first-order valence-electron chi connectivity index (χ1n) is 42.2. The maximum atomic E-state index is 12.9. The Bertz CT molecular complexity index is 2340. The highest BCUT2D eigenvalue weighted by Gasteiger charge is 2.29. The van der Waals surface area contributed by atoms with Gasteiger partial charge in [0.2, 0.25) is 0 Å². The molecule has 0 fully saturated rings. The van der Waals surface area contributed by atoms with Gasteiger partial charge < -0.3 is 34.2 Å². The maximum absolute atomic E-state index is 12.9. The van der Waals surface area contributed by atoms with E-state index in [1.54, 1.807) is 0 Å². The molecule has 0 heterocycles. The lowest BCUT2D eigenvalue weighted by Gasteiger charge is -2.21. The van der Waals surface area contributed by atoms with Crippen molar-refractivity contribution in [1.82, 2.24) is 0 Å². The zero-order valence-corrected chi connectivity index (χ0v) is 68.4. The molecule has 0 aromatic rings. The van der Waals surface area contributed by atoms with Crippen molar-refractivity contribution in [3.63, 3.8) is 0 Å². The Labute approximate surface area is 640 Å². The molecule has 0 bridgehead atoms. The van der Waals surface area contributed by atoms with Crippen molar-refractivity contribution in [1.29, 1.82) is 0 Å². The van der Waals surface area contributed by atoms with Crippen molar-refractivity contribution in [2.45, 2.75) is 386 Å². The molecule has 5 unspecified atom stereocenters. The quantitative estimate of drug-likeness (QED) is 0.0146. The number of phosphoric ester groups is 2. The maximum Gasteiger partial charge on any atom is 0.472 e. The molecule has 0 aromatic carbocycles. The minimum absolute atomic E-state index is 0.0914. The highest BCUT2D eigenvalue weighted by molar-refractivity contribution is 7.47. The summed E-state index contributed by atoms with van der Waals surface area (Å²) in [5, 5.41) is 20.6. The fraction of sp³-hybridized carbons (Fsp3) is 0.759. The summed E-state index contributed by atoms with van der Waals surface area (Å²) in [7, 11) is -9.79. The van der Waals surface area contributed by atoms with Gasteiger partial charge in [-0.05, 0) is 128 Å². The molecule has 18 heteroatoms. The van der Waals surface area contributed by atoms with Crippen LogP contribution in [0.2, 0.25) is 0 Å². The number of ether oxygens (including phenoxy) is 3. The molecule has 608 valence electrons. The Balaban J connectivity index is 4.33. The molecule has 0 aliphatic rings. The van der Waals surface area contributed by atoms with Crippen LogP contribution >= 0.6 is 15.6 Å². The first-order chi connectivity index (χ1) is 51.2. The lowest BCUT2D eigenvalue weighted by Crippen LogP contribution is -2.30. The molecule has 105 heavy (non-hydrogen) atoms. The van der Waals surface area contributed by atoms with Gasteiger partial charge in [-0.15, -0.1) is 0 Å². The zero-order chi connectivity index (χ0) is 76.6. The fourth-order valence-electron chi connectivity index (χ4n) is 11.5. The Morgan fingerprint density at radius 1 is 0.267 bits per heavy atom.